The smallest absolute Gasteiger partial charge is 0.178 e. The molecule has 0 unspecified atom stereocenters. The van der Waals surface area contributed by atoms with Gasteiger partial charge in [-0.2, -0.15) is 0 Å². The number of Topliss-reactive ketones (excluding diaryl/α,β-unsaturated/α-hetero) is 1. The van der Waals surface area contributed by atoms with Gasteiger partial charge in [-0.15, -0.1) is 11.3 Å². The lowest BCUT2D eigenvalue weighted by molar-refractivity contribution is 0.0996. The number of ketones is 1. The van der Waals surface area contributed by atoms with Crippen molar-refractivity contribution in [3.8, 4) is 0 Å². The summed E-state index contributed by atoms with van der Waals surface area (Å²) in [5.74, 6) is 0.100. The lowest BCUT2D eigenvalue weighted by Gasteiger charge is -2.02. The van der Waals surface area contributed by atoms with Crippen LogP contribution < -0.4 is 0 Å². The molecule has 0 N–H and O–H groups in total. The van der Waals surface area contributed by atoms with E-state index in [1.165, 1.54) is 11.3 Å². The second-order valence-corrected chi connectivity index (χ2v) is 6.24. The quantitative estimate of drug-likeness (QED) is 0.732. The van der Waals surface area contributed by atoms with Crippen molar-refractivity contribution in [2.45, 2.75) is 13.3 Å². The van der Waals surface area contributed by atoms with E-state index < -0.39 is 0 Å². The maximum atomic E-state index is 12.1. The number of carbonyl (C=O) groups is 1. The summed E-state index contributed by atoms with van der Waals surface area (Å²) in [6.45, 7) is 1.99. The van der Waals surface area contributed by atoms with E-state index >= 15 is 0 Å². The summed E-state index contributed by atoms with van der Waals surface area (Å²) in [4.78, 5) is 14.0. The molecule has 0 radical (unpaired) electrons. The van der Waals surface area contributed by atoms with E-state index in [0.29, 0.717) is 11.4 Å². The summed E-state index contributed by atoms with van der Waals surface area (Å²) < 4.78 is 0.872. The van der Waals surface area contributed by atoms with E-state index in [4.69, 9.17) is 11.6 Å². The summed E-state index contributed by atoms with van der Waals surface area (Å²) in [6, 6.07) is 9.41. The molecule has 0 fully saturated rings. The van der Waals surface area contributed by atoms with Gasteiger partial charge in [-0.1, -0.05) is 29.8 Å². The molecule has 2 aromatic rings. The van der Waals surface area contributed by atoms with Crippen molar-refractivity contribution in [3.05, 3.63) is 55.1 Å². The molecular weight excluding hydrogens is 320 g/mol. The monoisotopic (exact) mass is 328 g/mol. The summed E-state index contributed by atoms with van der Waals surface area (Å²) in [5, 5.41) is 0.644. The van der Waals surface area contributed by atoms with Crippen LogP contribution in [0.1, 0.15) is 20.1 Å². The Morgan fingerprint density at radius 1 is 1.41 bits per heavy atom. The summed E-state index contributed by atoms with van der Waals surface area (Å²) in [5.41, 5.74) is 0.872. The van der Waals surface area contributed by atoms with E-state index in [-0.39, 0.29) is 5.78 Å². The highest BCUT2D eigenvalue weighted by Crippen LogP contribution is 2.28. The number of rotatable bonds is 3. The standard InChI is InChI=1S/C13H10BrClOS/c1-8-6-10(14)13(17-8)12(16)7-9-4-2-3-5-11(9)15/h2-6H,7H2,1H3. The normalized spacial score (nSPS) is 10.5. The van der Waals surface area contributed by atoms with Gasteiger partial charge in [0.15, 0.2) is 5.78 Å². The maximum Gasteiger partial charge on any atom is 0.178 e. The van der Waals surface area contributed by atoms with Crippen LogP contribution in [0.5, 0.6) is 0 Å². The van der Waals surface area contributed by atoms with Gasteiger partial charge in [-0.25, -0.2) is 0 Å². The zero-order valence-corrected chi connectivity index (χ0v) is 12.3. The zero-order valence-electron chi connectivity index (χ0n) is 9.17. The Balaban J connectivity index is 2.23. The number of aryl methyl sites for hydroxylation is 1. The fourth-order valence-corrected chi connectivity index (χ4v) is 3.57. The molecule has 1 aromatic heterocycles. The average Bonchev–Trinajstić information content (AvgIpc) is 2.61. The van der Waals surface area contributed by atoms with Crippen molar-refractivity contribution in [1.29, 1.82) is 0 Å². The number of halogens is 2. The second kappa shape index (κ2) is 5.34. The molecule has 0 spiro atoms. The van der Waals surface area contributed by atoms with Crippen LogP contribution in [0.3, 0.4) is 0 Å². The van der Waals surface area contributed by atoms with Gasteiger partial charge < -0.3 is 0 Å². The van der Waals surface area contributed by atoms with Gasteiger partial charge in [0.25, 0.3) is 0 Å². The summed E-state index contributed by atoms with van der Waals surface area (Å²) >= 11 is 11.0. The van der Waals surface area contributed by atoms with Crippen LogP contribution in [0.25, 0.3) is 0 Å². The van der Waals surface area contributed by atoms with Gasteiger partial charge in [0.05, 0.1) is 4.88 Å². The first-order valence-corrected chi connectivity index (χ1v) is 7.09. The topological polar surface area (TPSA) is 17.1 Å². The number of hydrogen-bond acceptors (Lipinski definition) is 2. The van der Waals surface area contributed by atoms with Crippen LogP contribution >= 0.6 is 38.9 Å². The molecular formula is C13H10BrClOS. The molecule has 0 bridgehead atoms. The molecule has 1 heterocycles. The van der Waals surface area contributed by atoms with E-state index in [0.717, 1.165) is 19.8 Å². The third-order valence-corrected chi connectivity index (χ3v) is 4.72. The highest BCUT2D eigenvalue weighted by molar-refractivity contribution is 9.10. The minimum absolute atomic E-state index is 0.100. The van der Waals surface area contributed by atoms with Crippen LogP contribution in [-0.4, -0.2) is 5.78 Å². The molecule has 0 aliphatic rings. The molecule has 0 aliphatic heterocycles. The van der Waals surface area contributed by atoms with Gasteiger partial charge in [0, 0.05) is 20.8 Å². The molecule has 1 nitrogen and oxygen atoms in total. The number of benzene rings is 1. The van der Waals surface area contributed by atoms with E-state index in [1.54, 1.807) is 6.07 Å². The summed E-state index contributed by atoms with van der Waals surface area (Å²) in [6.07, 6.45) is 0.345. The van der Waals surface area contributed by atoms with Crippen molar-refractivity contribution in [2.24, 2.45) is 0 Å². The Labute approximate surface area is 118 Å². The molecule has 1 aromatic carbocycles. The molecule has 88 valence electrons. The first-order chi connectivity index (χ1) is 8.08. The largest absolute Gasteiger partial charge is 0.293 e. The molecule has 0 amide bonds. The Bertz CT molecular complexity index is 562. The Kier molecular flexibility index (Phi) is 4.02. The number of hydrogen-bond donors (Lipinski definition) is 0. The highest BCUT2D eigenvalue weighted by atomic mass is 79.9. The average molecular weight is 330 g/mol. The molecule has 17 heavy (non-hydrogen) atoms. The molecule has 0 atom stereocenters. The molecule has 0 aliphatic carbocycles. The minimum Gasteiger partial charge on any atom is -0.293 e. The van der Waals surface area contributed by atoms with Crippen molar-refractivity contribution in [1.82, 2.24) is 0 Å². The third-order valence-electron chi connectivity index (χ3n) is 2.37. The van der Waals surface area contributed by atoms with Crippen LogP contribution in [0.15, 0.2) is 34.8 Å². The fraction of sp³-hybridized carbons (Fsp3) is 0.154. The van der Waals surface area contributed by atoms with Crippen LogP contribution in [0.4, 0.5) is 0 Å². The van der Waals surface area contributed by atoms with E-state index in [2.05, 4.69) is 15.9 Å². The minimum atomic E-state index is 0.100. The second-order valence-electron chi connectivity index (χ2n) is 3.73. The number of carbonyl (C=O) groups excluding carboxylic acids is 1. The maximum absolute atomic E-state index is 12.1. The summed E-state index contributed by atoms with van der Waals surface area (Å²) in [7, 11) is 0. The SMILES string of the molecule is Cc1cc(Br)c(C(=O)Cc2ccccc2Cl)s1. The van der Waals surface area contributed by atoms with Crippen LogP contribution in [0, 0.1) is 6.92 Å². The first-order valence-electron chi connectivity index (χ1n) is 5.10. The van der Waals surface area contributed by atoms with Crippen LogP contribution in [0.2, 0.25) is 5.02 Å². The molecule has 2 rings (SSSR count). The lowest BCUT2D eigenvalue weighted by atomic mass is 10.1. The van der Waals surface area contributed by atoms with Crippen molar-refractivity contribution in [3.63, 3.8) is 0 Å². The van der Waals surface area contributed by atoms with Crippen molar-refractivity contribution < 1.29 is 4.79 Å². The third kappa shape index (κ3) is 2.97. The van der Waals surface area contributed by atoms with Crippen LogP contribution in [-0.2, 0) is 6.42 Å². The predicted molar refractivity (Wildman–Crippen MR) is 76.2 cm³/mol. The number of thiophene rings is 1. The first kappa shape index (κ1) is 12.8. The Morgan fingerprint density at radius 3 is 2.71 bits per heavy atom. The van der Waals surface area contributed by atoms with Gasteiger partial charge >= 0.3 is 0 Å². The molecule has 4 heteroatoms. The predicted octanol–water partition coefficient (Wildman–Crippen LogP) is 4.90. The Hall–Kier alpha value is -0.640. The Morgan fingerprint density at radius 2 is 2.12 bits per heavy atom. The van der Waals surface area contributed by atoms with Crippen molar-refractivity contribution >= 4 is 44.7 Å². The molecule has 0 saturated heterocycles. The fourth-order valence-electron chi connectivity index (χ4n) is 1.57. The van der Waals surface area contributed by atoms with E-state index in [1.807, 2.05) is 31.2 Å². The highest BCUT2D eigenvalue weighted by Gasteiger charge is 2.15. The molecule has 0 saturated carbocycles. The lowest BCUT2D eigenvalue weighted by Crippen LogP contribution is -2.02. The van der Waals surface area contributed by atoms with Gasteiger partial charge in [-0.3, -0.25) is 4.79 Å². The van der Waals surface area contributed by atoms with Gasteiger partial charge in [0.1, 0.15) is 0 Å². The van der Waals surface area contributed by atoms with Gasteiger partial charge in [0.2, 0.25) is 0 Å². The van der Waals surface area contributed by atoms with Crippen molar-refractivity contribution in [2.75, 3.05) is 0 Å². The zero-order chi connectivity index (χ0) is 12.4. The van der Waals surface area contributed by atoms with E-state index in [9.17, 15) is 4.79 Å². The van der Waals surface area contributed by atoms with Gasteiger partial charge in [-0.05, 0) is 40.5 Å².